The summed E-state index contributed by atoms with van der Waals surface area (Å²) >= 11 is 0. The topological polar surface area (TPSA) is 58.2 Å². The number of fused-ring (bicyclic) bond motifs is 1. The minimum atomic E-state index is -0.482. The number of likely N-dealkylation sites (tertiary alicyclic amines) is 1. The third-order valence-electron chi connectivity index (χ3n) is 4.39. The second kappa shape index (κ2) is 6.00. The number of para-hydroxylation sites is 3. The van der Waals surface area contributed by atoms with E-state index in [1.807, 2.05) is 59.5 Å². The maximum Gasteiger partial charge on any atom is 0.263 e. The van der Waals surface area contributed by atoms with Gasteiger partial charge in [-0.1, -0.05) is 30.3 Å². The van der Waals surface area contributed by atoms with Crippen LogP contribution >= 0.6 is 0 Å². The van der Waals surface area contributed by atoms with Crippen LogP contribution in [0, 0.1) is 0 Å². The van der Waals surface area contributed by atoms with Crippen molar-refractivity contribution in [2.24, 2.45) is 0 Å². The Bertz CT molecular complexity index is 820. The summed E-state index contributed by atoms with van der Waals surface area (Å²) in [5.74, 6) is 1.96. The Hall–Kier alpha value is -2.82. The van der Waals surface area contributed by atoms with Gasteiger partial charge in [0.25, 0.3) is 5.91 Å². The number of carbonyl (C=O) groups excluding carboxylic acids is 1. The molecule has 1 saturated heterocycles. The molecule has 2 heterocycles. The highest BCUT2D eigenvalue weighted by Gasteiger charge is 2.36. The number of benzene rings is 2. The van der Waals surface area contributed by atoms with Crippen LogP contribution in [0.25, 0.3) is 11.0 Å². The van der Waals surface area contributed by atoms with E-state index in [2.05, 4.69) is 9.97 Å². The van der Waals surface area contributed by atoms with Crippen molar-refractivity contribution in [2.45, 2.75) is 18.9 Å². The quantitative estimate of drug-likeness (QED) is 0.804. The van der Waals surface area contributed by atoms with Crippen molar-refractivity contribution in [3.63, 3.8) is 0 Å². The molecule has 0 saturated carbocycles. The van der Waals surface area contributed by atoms with Gasteiger partial charge in [-0.25, -0.2) is 4.98 Å². The fraction of sp³-hybridized carbons (Fsp3) is 0.263. The zero-order valence-electron chi connectivity index (χ0n) is 13.5. The van der Waals surface area contributed by atoms with E-state index >= 15 is 0 Å². The van der Waals surface area contributed by atoms with Crippen molar-refractivity contribution in [1.29, 1.82) is 0 Å². The molecule has 1 aromatic heterocycles. The van der Waals surface area contributed by atoms with Crippen LogP contribution in [-0.2, 0) is 4.79 Å². The van der Waals surface area contributed by atoms with E-state index in [9.17, 15) is 4.79 Å². The minimum Gasteiger partial charge on any atom is -0.481 e. The second-order valence-corrected chi connectivity index (χ2v) is 6.15. The molecule has 1 unspecified atom stereocenters. The number of hydrogen-bond donors (Lipinski definition) is 1. The van der Waals surface area contributed by atoms with Crippen LogP contribution in [0.4, 0.5) is 0 Å². The molecular weight excluding hydrogens is 302 g/mol. The molecule has 0 radical (unpaired) electrons. The highest BCUT2D eigenvalue weighted by Crippen LogP contribution is 2.27. The molecule has 24 heavy (non-hydrogen) atoms. The number of H-pyrrole nitrogens is 1. The number of hydrogen-bond acceptors (Lipinski definition) is 3. The molecule has 122 valence electrons. The monoisotopic (exact) mass is 321 g/mol. The van der Waals surface area contributed by atoms with Crippen LogP contribution in [0.15, 0.2) is 54.6 Å². The first kappa shape index (κ1) is 14.8. The van der Waals surface area contributed by atoms with Gasteiger partial charge < -0.3 is 14.6 Å². The fourth-order valence-corrected chi connectivity index (χ4v) is 3.01. The van der Waals surface area contributed by atoms with Gasteiger partial charge in [0.2, 0.25) is 0 Å². The van der Waals surface area contributed by atoms with E-state index in [4.69, 9.17) is 4.74 Å². The molecule has 1 aliphatic rings. The van der Waals surface area contributed by atoms with Crippen molar-refractivity contribution in [1.82, 2.24) is 14.9 Å². The van der Waals surface area contributed by atoms with Crippen LogP contribution in [0.1, 0.15) is 18.7 Å². The standard InChI is InChI=1S/C19H19N3O2/c1-13(24-15-7-3-2-4-8-15)19(23)22-11-14(12-22)18-20-16-9-5-6-10-17(16)21-18/h2-10,13-14H,11-12H2,1H3,(H,20,21). The molecule has 1 aliphatic heterocycles. The molecule has 0 aliphatic carbocycles. The molecule has 1 atom stereocenters. The van der Waals surface area contributed by atoms with E-state index in [-0.39, 0.29) is 11.8 Å². The molecule has 0 bridgehead atoms. The first-order valence-electron chi connectivity index (χ1n) is 8.16. The Morgan fingerprint density at radius 2 is 1.88 bits per heavy atom. The fourth-order valence-electron chi connectivity index (χ4n) is 3.01. The van der Waals surface area contributed by atoms with E-state index in [1.165, 1.54) is 0 Å². The van der Waals surface area contributed by atoms with E-state index in [0.717, 1.165) is 16.9 Å². The van der Waals surface area contributed by atoms with Gasteiger partial charge in [0, 0.05) is 13.1 Å². The number of imidazole rings is 1. The predicted molar refractivity (Wildman–Crippen MR) is 91.9 cm³/mol. The molecule has 1 fully saturated rings. The summed E-state index contributed by atoms with van der Waals surface area (Å²) in [5.41, 5.74) is 2.01. The molecule has 1 amide bonds. The average Bonchev–Trinajstić information content (AvgIpc) is 2.97. The maximum atomic E-state index is 12.4. The summed E-state index contributed by atoms with van der Waals surface area (Å²) in [6.07, 6.45) is -0.482. The third kappa shape index (κ3) is 2.73. The number of aromatic nitrogens is 2. The summed E-state index contributed by atoms with van der Waals surface area (Å²) in [6.45, 7) is 3.16. The summed E-state index contributed by atoms with van der Waals surface area (Å²) < 4.78 is 5.71. The maximum absolute atomic E-state index is 12.4. The number of amides is 1. The first-order chi connectivity index (χ1) is 11.7. The third-order valence-corrected chi connectivity index (χ3v) is 4.39. The second-order valence-electron chi connectivity index (χ2n) is 6.15. The molecule has 2 aromatic carbocycles. The number of ether oxygens (including phenoxy) is 1. The lowest BCUT2D eigenvalue weighted by molar-refractivity contribution is -0.142. The number of aromatic amines is 1. The summed E-state index contributed by atoms with van der Waals surface area (Å²) in [7, 11) is 0. The summed E-state index contributed by atoms with van der Waals surface area (Å²) in [4.78, 5) is 22.2. The van der Waals surface area contributed by atoms with Crippen molar-refractivity contribution in [2.75, 3.05) is 13.1 Å². The lowest BCUT2D eigenvalue weighted by Crippen LogP contribution is -2.52. The van der Waals surface area contributed by atoms with E-state index in [1.54, 1.807) is 6.92 Å². The van der Waals surface area contributed by atoms with Gasteiger partial charge in [-0.2, -0.15) is 0 Å². The van der Waals surface area contributed by atoms with Crippen LogP contribution in [0.3, 0.4) is 0 Å². The minimum absolute atomic E-state index is 0.0196. The van der Waals surface area contributed by atoms with E-state index in [0.29, 0.717) is 18.8 Å². The molecule has 3 aromatic rings. The Labute approximate surface area is 140 Å². The number of nitrogens with one attached hydrogen (secondary N) is 1. The van der Waals surface area contributed by atoms with Gasteiger partial charge in [-0.15, -0.1) is 0 Å². The molecule has 5 nitrogen and oxygen atoms in total. The summed E-state index contributed by atoms with van der Waals surface area (Å²) in [6, 6.07) is 17.4. The van der Waals surface area contributed by atoms with Crippen molar-refractivity contribution >= 4 is 16.9 Å². The van der Waals surface area contributed by atoms with Crippen LogP contribution in [0.2, 0.25) is 0 Å². The van der Waals surface area contributed by atoms with Gasteiger partial charge in [0.15, 0.2) is 6.10 Å². The Morgan fingerprint density at radius 3 is 2.62 bits per heavy atom. The average molecular weight is 321 g/mol. The number of rotatable bonds is 4. The predicted octanol–water partition coefficient (Wildman–Crippen LogP) is 2.96. The van der Waals surface area contributed by atoms with Gasteiger partial charge in [0.05, 0.1) is 17.0 Å². The zero-order chi connectivity index (χ0) is 16.5. The van der Waals surface area contributed by atoms with Crippen molar-refractivity contribution < 1.29 is 9.53 Å². The smallest absolute Gasteiger partial charge is 0.263 e. The van der Waals surface area contributed by atoms with Gasteiger partial charge >= 0.3 is 0 Å². The molecule has 0 spiro atoms. The highest BCUT2D eigenvalue weighted by molar-refractivity contribution is 5.82. The van der Waals surface area contributed by atoms with Crippen molar-refractivity contribution in [3.8, 4) is 5.75 Å². The Balaban J connectivity index is 1.37. The molecule has 1 N–H and O–H groups in total. The SMILES string of the molecule is CC(Oc1ccccc1)C(=O)N1CC(c2nc3ccccc3[nH]2)C1. The van der Waals surface area contributed by atoms with Crippen LogP contribution < -0.4 is 4.74 Å². The van der Waals surface area contributed by atoms with Crippen LogP contribution in [-0.4, -0.2) is 40.0 Å². The molecule has 5 heteroatoms. The number of nitrogens with zero attached hydrogens (tertiary/aromatic N) is 2. The molecular formula is C19H19N3O2. The van der Waals surface area contributed by atoms with E-state index < -0.39 is 6.10 Å². The number of carbonyl (C=O) groups is 1. The van der Waals surface area contributed by atoms with Crippen molar-refractivity contribution in [3.05, 3.63) is 60.4 Å². The summed E-state index contributed by atoms with van der Waals surface area (Å²) in [5, 5.41) is 0. The lowest BCUT2D eigenvalue weighted by atomic mass is 9.99. The van der Waals surface area contributed by atoms with Crippen LogP contribution in [0.5, 0.6) is 5.75 Å². The zero-order valence-corrected chi connectivity index (χ0v) is 13.5. The van der Waals surface area contributed by atoms with Gasteiger partial charge in [-0.3, -0.25) is 4.79 Å². The largest absolute Gasteiger partial charge is 0.481 e. The lowest BCUT2D eigenvalue weighted by Gasteiger charge is -2.39. The molecule has 4 rings (SSSR count). The van der Waals surface area contributed by atoms with Gasteiger partial charge in [-0.05, 0) is 31.2 Å². The Morgan fingerprint density at radius 1 is 1.17 bits per heavy atom. The first-order valence-corrected chi connectivity index (χ1v) is 8.16. The normalized spacial score (nSPS) is 16.0. The Kier molecular flexibility index (Phi) is 3.69. The highest BCUT2D eigenvalue weighted by atomic mass is 16.5. The van der Waals surface area contributed by atoms with Gasteiger partial charge in [0.1, 0.15) is 11.6 Å².